The molecule has 1 saturated heterocycles. The maximum absolute atomic E-state index is 15.4. The molecule has 5 N–H and O–H groups in total. The lowest BCUT2D eigenvalue weighted by molar-refractivity contribution is -0.146. The van der Waals surface area contributed by atoms with Gasteiger partial charge in [-0.05, 0) is 83.2 Å². The molecule has 62 heavy (non-hydrogen) atoms. The number of aromatic nitrogens is 2. The van der Waals surface area contributed by atoms with E-state index in [2.05, 4.69) is 52.8 Å². The van der Waals surface area contributed by atoms with Gasteiger partial charge in [-0.3, -0.25) is 14.4 Å². The van der Waals surface area contributed by atoms with Gasteiger partial charge in [-0.15, -0.1) is 0 Å². The van der Waals surface area contributed by atoms with E-state index in [-0.39, 0.29) is 55.2 Å². The first-order valence-electron chi connectivity index (χ1n) is 21.2. The highest BCUT2D eigenvalue weighted by Gasteiger charge is 2.66. The number of aliphatic hydroxyl groups is 1. The molecule has 5 aromatic carbocycles. The molecule has 12 heteroatoms. The summed E-state index contributed by atoms with van der Waals surface area (Å²) in [5.41, 5.74) is 5.69. The van der Waals surface area contributed by atoms with Gasteiger partial charge in [0.25, 0.3) is 5.91 Å². The fraction of sp³-hybridized carbons (Fsp3) is 0.260. The molecule has 316 valence electrons. The molecular weight excluding hydrogens is 795 g/mol. The number of ether oxygens (including phenoxy) is 2. The number of hydrogen-bond donors (Lipinski definition) is 5. The van der Waals surface area contributed by atoms with Crippen molar-refractivity contribution in [3.8, 4) is 5.75 Å². The highest BCUT2D eigenvalue weighted by Crippen LogP contribution is 2.60. The summed E-state index contributed by atoms with van der Waals surface area (Å²) in [4.78, 5) is 50.7. The Hall–Kier alpha value is -6.47. The van der Waals surface area contributed by atoms with Crippen LogP contribution in [0.15, 0.2) is 128 Å². The fourth-order valence-corrected chi connectivity index (χ4v) is 14.2. The van der Waals surface area contributed by atoms with Gasteiger partial charge >= 0.3 is 0 Å². The third kappa shape index (κ3) is 7.27. The molecule has 11 nitrogen and oxygen atoms in total. The maximum Gasteiger partial charge on any atom is 0.264 e. The van der Waals surface area contributed by atoms with Crippen molar-refractivity contribution in [2.75, 3.05) is 29.3 Å². The van der Waals surface area contributed by atoms with Crippen molar-refractivity contribution in [3.05, 3.63) is 150 Å². The lowest BCUT2D eigenvalue weighted by Gasteiger charge is -2.37. The van der Waals surface area contributed by atoms with Crippen LogP contribution in [-0.2, 0) is 44.1 Å². The molecule has 3 amide bonds. The quantitative estimate of drug-likeness (QED) is 0.0740. The fourth-order valence-electron chi connectivity index (χ4n) is 10.2. The van der Waals surface area contributed by atoms with E-state index >= 15 is 4.79 Å². The number of anilines is 3. The Morgan fingerprint density at radius 1 is 0.806 bits per heavy atom. The predicted molar refractivity (Wildman–Crippen MR) is 247 cm³/mol. The third-order valence-electron chi connectivity index (χ3n) is 13.1. The van der Waals surface area contributed by atoms with E-state index in [4.69, 9.17) is 9.47 Å². The Bertz CT molecular complexity index is 2810. The minimum absolute atomic E-state index is 0.0596. The number of rotatable bonds is 13. The molecule has 0 unspecified atom stereocenters. The number of amides is 3. The second-order valence-electron chi connectivity index (χ2n) is 17.2. The summed E-state index contributed by atoms with van der Waals surface area (Å²) >= 11 is 0. The van der Waals surface area contributed by atoms with Gasteiger partial charge in [-0.25, -0.2) is 0 Å². The average molecular weight is 846 g/mol. The molecule has 1 fully saturated rings. The number of nitrogens with zero attached hydrogens (tertiary/aromatic N) is 1. The molecule has 7 aromatic rings. The predicted octanol–water partition coefficient (Wildman–Crippen LogP) is 8.17. The number of aliphatic hydroxyl groups excluding tert-OH is 1. The molecular formula is C50H51N5O6Si. The second-order valence-corrected chi connectivity index (χ2v) is 21.8. The van der Waals surface area contributed by atoms with E-state index in [0.717, 1.165) is 44.2 Å². The van der Waals surface area contributed by atoms with E-state index in [9.17, 15) is 14.7 Å². The van der Waals surface area contributed by atoms with Gasteiger partial charge in [0, 0.05) is 63.7 Å². The normalized spacial score (nSPS) is 19.7. The van der Waals surface area contributed by atoms with Crippen LogP contribution in [-0.4, -0.2) is 60.7 Å². The summed E-state index contributed by atoms with van der Waals surface area (Å²) < 4.78 is 12.6. The van der Waals surface area contributed by atoms with Crippen LogP contribution in [0.4, 0.5) is 17.1 Å². The van der Waals surface area contributed by atoms with Crippen LogP contribution in [0, 0.1) is 5.92 Å². The van der Waals surface area contributed by atoms with Crippen LogP contribution in [0.25, 0.3) is 21.8 Å². The van der Waals surface area contributed by atoms with Crippen molar-refractivity contribution >= 4 is 69.9 Å². The van der Waals surface area contributed by atoms with Gasteiger partial charge < -0.3 is 40.1 Å². The first-order chi connectivity index (χ1) is 30.0. The number of carbonyl (C=O) groups is 3. The van der Waals surface area contributed by atoms with E-state index in [1.54, 1.807) is 12.0 Å². The van der Waals surface area contributed by atoms with Gasteiger partial charge in [-0.1, -0.05) is 85.9 Å². The summed E-state index contributed by atoms with van der Waals surface area (Å²) in [6, 6.07) is 37.2. The highest BCUT2D eigenvalue weighted by atomic mass is 28.3. The Kier molecular flexibility index (Phi) is 10.8. The summed E-state index contributed by atoms with van der Waals surface area (Å²) in [5, 5.41) is 19.8. The first-order valence-corrected chi connectivity index (χ1v) is 24.3. The zero-order valence-electron chi connectivity index (χ0n) is 35.3. The van der Waals surface area contributed by atoms with Crippen molar-refractivity contribution in [1.29, 1.82) is 0 Å². The third-order valence-corrected chi connectivity index (χ3v) is 17.5. The second kappa shape index (κ2) is 16.4. The monoisotopic (exact) mass is 845 g/mol. The lowest BCUT2D eigenvalue weighted by atomic mass is 9.82. The van der Waals surface area contributed by atoms with Crippen molar-refractivity contribution in [1.82, 2.24) is 9.97 Å². The van der Waals surface area contributed by atoms with Crippen LogP contribution in [0.5, 0.6) is 5.75 Å². The zero-order valence-corrected chi connectivity index (χ0v) is 36.3. The topological polar surface area (TPSA) is 149 Å². The molecule has 0 radical (unpaired) electrons. The first kappa shape index (κ1) is 40.9. The average Bonchev–Trinajstić information content (AvgIpc) is 4.01. The van der Waals surface area contributed by atoms with Gasteiger partial charge in [0.1, 0.15) is 5.75 Å². The van der Waals surface area contributed by atoms with Crippen LogP contribution < -0.4 is 25.5 Å². The minimum Gasteiger partial charge on any atom is -0.497 e. The van der Waals surface area contributed by atoms with E-state index in [0.29, 0.717) is 29.0 Å². The Balaban J connectivity index is 1.04. The molecule has 0 aliphatic carbocycles. The summed E-state index contributed by atoms with van der Waals surface area (Å²) in [6.07, 6.45) is 4.07. The number of benzene rings is 5. The summed E-state index contributed by atoms with van der Waals surface area (Å²) in [7, 11) is -0.774. The molecule has 9 rings (SSSR count). The van der Waals surface area contributed by atoms with Crippen molar-refractivity contribution in [3.63, 3.8) is 0 Å². The van der Waals surface area contributed by atoms with Gasteiger partial charge in [0.05, 0.1) is 46.4 Å². The van der Waals surface area contributed by atoms with Crippen LogP contribution in [0.1, 0.15) is 35.6 Å². The molecule has 2 aromatic heterocycles. The Morgan fingerprint density at radius 3 is 2.03 bits per heavy atom. The molecule has 2 aliphatic rings. The number of methoxy groups -OCH3 is 1. The largest absolute Gasteiger partial charge is 0.497 e. The van der Waals surface area contributed by atoms with E-state index < -0.39 is 19.8 Å². The summed E-state index contributed by atoms with van der Waals surface area (Å²) in [5.74, 6) is -0.0544. The minimum atomic E-state index is -2.42. The number of carbonyl (C=O) groups excluding carboxylic acids is 3. The number of H-pyrrole nitrogens is 2. The van der Waals surface area contributed by atoms with Crippen molar-refractivity contribution in [2.45, 2.75) is 63.1 Å². The highest BCUT2D eigenvalue weighted by molar-refractivity contribution is 6.91. The summed E-state index contributed by atoms with van der Waals surface area (Å²) in [6.45, 7) is 6.85. The standard InChI is InChI=1S/C50H51N5O6Si/c1-31-48(62(3,4)38-19-17-37(60-2)18-20-38)45(22-23-56)61-50(31)41-27-36(54-47(58)26-34-29-52-43-15-8-6-13-40(34)43)16-21-44(41)55(49(50)59)30-32-10-9-11-35(24-32)53-46(57)25-33-28-51-42-14-7-5-12-39(33)42/h5-21,24,27-29,31,45,48,51-52,56H,22-23,25-26,30H2,1-4H3,(H,53,57)(H,54,58)/t31-,45+,48-,50+/m1/s1. The van der Waals surface area contributed by atoms with Crippen LogP contribution in [0.2, 0.25) is 18.6 Å². The molecule has 1 spiro atoms. The maximum atomic E-state index is 15.4. The molecule has 4 heterocycles. The van der Waals surface area contributed by atoms with Gasteiger partial charge in [0.2, 0.25) is 11.8 Å². The Morgan fingerprint density at radius 2 is 1.42 bits per heavy atom. The number of para-hydroxylation sites is 2. The number of aromatic amines is 2. The van der Waals surface area contributed by atoms with Crippen LogP contribution >= 0.6 is 0 Å². The number of hydrogen-bond acceptors (Lipinski definition) is 6. The van der Waals surface area contributed by atoms with E-state index in [1.165, 1.54) is 5.19 Å². The molecule has 4 atom stereocenters. The SMILES string of the molecule is COc1ccc([Si](C)(C)[C@H]2[C@H](CCO)O[C@@]3(C(=O)N(Cc4cccc(NC(=O)Cc5c[nH]c6ccccc56)c4)c4ccc(NC(=O)Cc5c[nH]c6ccccc56)cc43)[C@@H]2C)cc1. The Labute approximate surface area is 361 Å². The van der Waals surface area contributed by atoms with Gasteiger partial charge in [0.15, 0.2) is 5.60 Å². The smallest absolute Gasteiger partial charge is 0.264 e. The van der Waals surface area contributed by atoms with Crippen molar-refractivity contribution < 1.29 is 29.0 Å². The molecule has 2 aliphatic heterocycles. The van der Waals surface area contributed by atoms with E-state index in [1.807, 2.05) is 116 Å². The van der Waals surface area contributed by atoms with Crippen LogP contribution in [0.3, 0.4) is 0 Å². The number of nitrogens with one attached hydrogen (secondary N) is 4. The lowest BCUT2D eigenvalue weighted by Crippen LogP contribution is -2.51. The molecule has 0 saturated carbocycles. The van der Waals surface area contributed by atoms with Crippen molar-refractivity contribution in [2.24, 2.45) is 5.92 Å². The van der Waals surface area contributed by atoms with Gasteiger partial charge in [-0.2, -0.15) is 0 Å². The molecule has 0 bridgehead atoms. The number of fused-ring (bicyclic) bond motifs is 4. The zero-order chi connectivity index (χ0) is 43.2.